The molecule has 0 aliphatic rings. The lowest BCUT2D eigenvalue weighted by Gasteiger charge is -2.06. The summed E-state index contributed by atoms with van der Waals surface area (Å²) >= 11 is 3.03. The molecule has 0 aliphatic carbocycles. The number of aliphatic hydroxyl groups is 1. The Balaban J connectivity index is 2.52. The molecule has 0 saturated heterocycles. The van der Waals surface area contributed by atoms with Crippen LogP contribution >= 0.6 is 15.9 Å². The Morgan fingerprint density at radius 3 is 2.67 bits per heavy atom. The summed E-state index contributed by atoms with van der Waals surface area (Å²) in [5.74, 6) is -2.87. The van der Waals surface area contributed by atoms with E-state index in [4.69, 9.17) is 10.2 Å². The van der Waals surface area contributed by atoms with Crippen molar-refractivity contribution in [3.05, 3.63) is 45.7 Å². The zero-order chi connectivity index (χ0) is 15.6. The topological polar surface area (TPSA) is 75.3 Å². The predicted molar refractivity (Wildman–Crippen MR) is 73.5 cm³/mol. The summed E-state index contributed by atoms with van der Waals surface area (Å²) in [6.45, 7) is -0.0984. The number of benzene rings is 1. The van der Waals surface area contributed by atoms with Gasteiger partial charge in [-0.2, -0.15) is 5.10 Å². The highest BCUT2D eigenvalue weighted by molar-refractivity contribution is 9.10. The number of hydrogen-bond acceptors (Lipinski definition) is 3. The minimum Gasteiger partial charge on any atom is -0.476 e. The fraction of sp³-hybridized carbons (Fsp3) is 0.231. The van der Waals surface area contributed by atoms with E-state index < -0.39 is 17.6 Å². The van der Waals surface area contributed by atoms with Crippen LogP contribution in [0.3, 0.4) is 0 Å². The Morgan fingerprint density at radius 2 is 2.10 bits per heavy atom. The van der Waals surface area contributed by atoms with Crippen LogP contribution in [0.2, 0.25) is 0 Å². The van der Waals surface area contributed by atoms with Crippen LogP contribution in [0.4, 0.5) is 8.78 Å². The molecule has 1 heterocycles. The van der Waals surface area contributed by atoms with E-state index >= 15 is 0 Å². The van der Waals surface area contributed by atoms with Crippen LogP contribution in [0, 0.1) is 11.6 Å². The van der Waals surface area contributed by atoms with E-state index in [-0.39, 0.29) is 22.5 Å². The number of hydrogen-bond donors (Lipinski definition) is 2. The van der Waals surface area contributed by atoms with Crippen LogP contribution in [0.1, 0.15) is 22.5 Å². The van der Waals surface area contributed by atoms with E-state index in [0.29, 0.717) is 24.5 Å². The molecule has 0 atom stereocenters. The first kappa shape index (κ1) is 15.6. The highest BCUT2D eigenvalue weighted by Crippen LogP contribution is 2.26. The summed E-state index contributed by atoms with van der Waals surface area (Å²) in [5.41, 5.74) is 0.0698. The summed E-state index contributed by atoms with van der Waals surface area (Å²) in [5, 5.41) is 21.7. The van der Waals surface area contributed by atoms with Gasteiger partial charge >= 0.3 is 5.97 Å². The summed E-state index contributed by atoms with van der Waals surface area (Å²) in [7, 11) is 0. The maximum atomic E-state index is 13.9. The third-order valence-corrected chi connectivity index (χ3v) is 3.41. The van der Waals surface area contributed by atoms with Gasteiger partial charge in [-0.15, -0.1) is 0 Å². The highest BCUT2D eigenvalue weighted by atomic mass is 79.9. The first-order valence-corrected chi connectivity index (χ1v) is 6.81. The Hall–Kier alpha value is -1.80. The molecule has 0 saturated carbocycles. The number of aryl methyl sites for hydroxylation is 1. The van der Waals surface area contributed by atoms with Crippen molar-refractivity contribution in [1.82, 2.24) is 9.78 Å². The lowest BCUT2D eigenvalue weighted by molar-refractivity contribution is 0.0688. The first-order valence-electron chi connectivity index (χ1n) is 6.01. The smallest absolute Gasteiger partial charge is 0.356 e. The molecular formula is C13H11BrF2N2O3. The summed E-state index contributed by atoms with van der Waals surface area (Å²) in [4.78, 5) is 11.1. The maximum Gasteiger partial charge on any atom is 0.356 e. The number of halogens is 3. The van der Waals surface area contributed by atoms with Crippen molar-refractivity contribution in [3.8, 4) is 5.69 Å². The Labute approximate surface area is 127 Å². The van der Waals surface area contributed by atoms with Crippen LogP contribution in [-0.4, -0.2) is 32.6 Å². The number of carbonyl (C=O) groups is 1. The highest BCUT2D eigenvalue weighted by Gasteiger charge is 2.19. The average Bonchev–Trinajstić information content (AvgIpc) is 2.79. The largest absolute Gasteiger partial charge is 0.476 e. The molecule has 0 radical (unpaired) electrons. The number of aliphatic hydroxyl groups excluding tert-OH is 1. The van der Waals surface area contributed by atoms with Crippen molar-refractivity contribution in [1.29, 1.82) is 0 Å². The predicted octanol–water partition coefficient (Wildman–Crippen LogP) is 2.54. The number of nitrogens with zero attached hydrogens (tertiary/aromatic N) is 2. The van der Waals surface area contributed by atoms with E-state index in [1.54, 1.807) is 0 Å². The van der Waals surface area contributed by atoms with Crippen molar-refractivity contribution in [2.45, 2.75) is 12.8 Å². The molecule has 1 aromatic carbocycles. The molecule has 1 aromatic heterocycles. The van der Waals surface area contributed by atoms with Crippen molar-refractivity contribution >= 4 is 21.9 Å². The van der Waals surface area contributed by atoms with Crippen molar-refractivity contribution in [2.75, 3.05) is 6.61 Å². The molecule has 2 aromatic rings. The lowest BCUT2D eigenvalue weighted by atomic mass is 10.1. The van der Waals surface area contributed by atoms with Gasteiger partial charge in [0, 0.05) is 28.9 Å². The Kier molecular flexibility index (Phi) is 4.69. The molecule has 2 rings (SSSR count). The molecule has 0 aliphatic heterocycles. The van der Waals surface area contributed by atoms with Gasteiger partial charge in [0.2, 0.25) is 0 Å². The third-order valence-electron chi connectivity index (χ3n) is 2.81. The molecule has 0 fully saturated rings. The van der Waals surface area contributed by atoms with Gasteiger partial charge < -0.3 is 10.2 Å². The number of rotatable bonds is 5. The zero-order valence-corrected chi connectivity index (χ0v) is 12.3. The zero-order valence-electron chi connectivity index (χ0n) is 10.7. The third kappa shape index (κ3) is 3.27. The quantitative estimate of drug-likeness (QED) is 0.858. The monoisotopic (exact) mass is 360 g/mol. The molecule has 21 heavy (non-hydrogen) atoms. The second-order valence-corrected chi connectivity index (χ2v) is 5.15. The van der Waals surface area contributed by atoms with Crippen LogP contribution in [0.5, 0.6) is 0 Å². The molecule has 112 valence electrons. The van der Waals surface area contributed by atoms with Gasteiger partial charge in [0.15, 0.2) is 11.5 Å². The minimum atomic E-state index is -1.25. The van der Waals surface area contributed by atoms with E-state index in [1.165, 1.54) is 6.20 Å². The van der Waals surface area contributed by atoms with E-state index in [2.05, 4.69) is 21.0 Å². The van der Waals surface area contributed by atoms with Crippen LogP contribution in [-0.2, 0) is 6.42 Å². The van der Waals surface area contributed by atoms with Crippen molar-refractivity contribution in [3.63, 3.8) is 0 Å². The van der Waals surface area contributed by atoms with Crippen LogP contribution in [0.25, 0.3) is 5.69 Å². The van der Waals surface area contributed by atoms with E-state index in [1.807, 2.05) is 0 Å². The van der Waals surface area contributed by atoms with Crippen LogP contribution in [0.15, 0.2) is 22.8 Å². The van der Waals surface area contributed by atoms with Gasteiger partial charge in [-0.3, -0.25) is 0 Å². The van der Waals surface area contributed by atoms with Crippen molar-refractivity contribution in [2.24, 2.45) is 0 Å². The second kappa shape index (κ2) is 6.31. The second-order valence-electron chi connectivity index (χ2n) is 4.30. The normalized spacial score (nSPS) is 10.9. The Bertz CT molecular complexity index is 665. The number of aromatic nitrogens is 2. The number of carboxylic acid groups (broad SMARTS) is 1. The molecule has 0 bridgehead atoms. The van der Waals surface area contributed by atoms with Crippen LogP contribution < -0.4 is 0 Å². The summed E-state index contributed by atoms with van der Waals surface area (Å²) < 4.78 is 28.1. The fourth-order valence-corrected chi connectivity index (χ4v) is 2.50. The SMILES string of the molecule is O=C(O)c1nn(-c2c(F)cc(F)cc2Br)cc1CCCO. The summed E-state index contributed by atoms with van der Waals surface area (Å²) in [6, 6.07) is 1.75. The van der Waals surface area contributed by atoms with Gasteiger partial charge in [0.25, 0.3) is 0 Å². The maximum absolute atomic E-state index is 13.9. The van der Waals surface area contributed by atoms with E-state index in [0.717, 1.165) is 10.7 Å². The lowest BCUT2D eigenvalue weighted by Crippen LogP contribution is -2.05. The fourth-order valence-electron chi connectivity index (χ4n) is 1.91. The molecule has 0 amide bonds. The van der Waals surface area contributed by atoms with Gasteiger partial charge in [-0.05, 0) is 34.8 Å². The van der Waals surface area contributed by atoms with Gasteiger partial charge in [0.05, 0.1) is 0 Å². The van der Waals surface area contributed by atoms with Gasteiger partial charge in [-0.25, -0.2) is 18.3 Å². The molecule has 0 spiro atoms. The molecule has 8 heteroatoms. The van der Waals surface area contributed by atoms with E-state index in [9.17, 15) is 13.6 Å². The minimum absolute atomic E-state index is 0.0749. The average molecular weight is 361 g/mol. The number of aromatic carboxylic acids is 1. The molecule has 2 N–H and O–H groups in total. The molecule has 5 nitrogen and oxygen atoms in total. The first-order chi connectivity index (χ1) is 9.93. The number of carboxylic acids is 1. The Morgan fingerprint density at radius 1 is 1.38 bits per heavy atom. The summed E-state index contributed by atoms with van der Waals surface area (Å²) in [6.07, 6.45) is 2.01. The molecule has 0 unspecified atom stereocenters. The van der Waals surface area contributed by atoms with Gasteiger partial charge in [0.1, 0.15) is 11.5 Å². The van der Waals surface area contributed by atoms with Gasteiger partial charge in [-0.1, -0.05) is 0 Å². The standard InChI is InChI=1S/C13H11BrF2N2O3/c14-9-4-8(15)5-10(16)12(9)18-6-7(2-1-3-19)11(17-18)13(20)21/h4-6,19H,1-3H2,(H,20,21). The van der Waals surface area contributed by atoms with Crippen molar-refractivity contribution < 1.29 is 23.8 Å². The molecular weight excluding hydrogens is 350 g/mol.